The van der Waals surface area contributed by atoms with Crippen LogP contribution in [0.5, 0.6) is 0 Å². The van der Waals surface area contributed by atoms with Gasteiger partial charge in [0.1, 0.15) is 0 Å². The zero-order valence-electron chi connectivity index (χ0n) is 16.0. The number of rotatable bonds is 7. The largest absolute Gasteiger partial charge is 0.347 e. The molecule has 3 aromatic carbocycles. The molecule has 0 saturated heterocycles. The van der Waals surface area contributed by atoms with E-state index >= 15 is 0 Å². The first kappa shape index (κ1) is 17.6. The van der Waals surface area contributed by atoms with Crippen LogP contribution in [0.3, 0.4) is 0 Å². The van der Waals surface area contributed by atoms with E-state index in [1.165, 1.54) is 40.4 Å². The Morgan fingerprint density at radius 3 is 2.33 bits per heavy atom. The van der Waals surface area contributed by atoms with Crippen LogP contribution in [-0.4, -0.2) is 4.57 Å². The third-order valence-electron chi connectivity index (χ3n) is 5.51. The molecule has 1 nitrogen and oxygen atoms in total. The zero-order chi connectivity index (χ0) is 18.5. The first-order chi connectivity index (χ1) is 13.3. The van der Waals surface area contributed by atoms with Crippen molar-refractivity contribution in [3.63, 3.8) is 0 Å². The van der Waals surface area contributed by atoms with Crippen molar-refractivity contribution in [2.24, 2.45) is 0 Å². The fraction of sp³-hybridized carbons (Fsp3) is 0.231. The Morgan fingerprint density at radius 1 is 0.778 bits per heavy atom. The van der Waals surface area contributed by atoms with Crippen molar-refractivity contribution in [2.75, 3.05) is 0 Å². The van der Waals surface area contributed by atoms with E-state index in [0.717, 1.165) is 13.0 Å². The lowest BCUT2D eigenvalue weighted by atomic mass is 9.88. The normalized spacial score (nSPS) is 12.3. The van der Waals surface area contributed by atoms with Crippen LogP contribution in [0.1, 0.15) is 35.4 Å². The van der Waals surface area contributed by atoms with Gasteiger partial charge in [-0.3, -0.25) is 0 Å². The average Bonchev–Trinajstić information content (AvgIpc) is 3.12. The summed E-state index contributed by atoms with van der Waals surface area (Å²) in [6.07, 6.45) is 5.72. The van der Waals surface area contributed by atoms with E-state index in [9.17, 15) is 0 Å². The topological polar surface area (TPSA) is 4.93 Å². The van der Waals surface area contributed by atoms with Crippen molar-refractivity contribution in [3.05, 3.63) is 108 Å². The summed E-state index contributed by atoms with van der Waals surface area (Å²) in [6, 6.07) is 30.9. The second-order valence-corrected chi connectivity index (χ2v) is 7.51. The molecule has 0 aliphatic heterocycles. The van der Waals surface area contributed by atoms with Crippen LogP contribution < -0.4 is 0 Å². The van der Waals surface area contributed by atoms with E-state index < -0.39 is 0 Å². The molecule has 136 valence electrons. The molecule has 27 heavy (non-hydrogen) atoms. The minimum atomic E-state index is 0.565. The molecule has 0 fully saturated rings. The van der Waals surface area contributed by atoms with Gasteiger partial charge in [-0.25, -0.2) is 0 Å². The highest BCUT2D eigenvalue weighted by atomic mass is 14.9. The van der Waals surface area contributed by atoms with Crippen LogP contribution in [0, 0.1) is 6.92 Å². The molecule has 4 rings (SSSR count). The molecule has 0 spiro atoms. The summed E-state index contributed by atoms with van der Waals surface area (Å²) in [5.41, 5.74) is 5.56. The van der Waals surface area contributed by atoms with Gasteiger partial charge in [-0.05, 0) is 60.7 Å². The van der Waals surface area contributed by atoms with Gasteiger partial charge in [0, 0.05) is 18.3 Å². The van der Waals surface area contributed by atoms with Gasteiger partial charge in [-0.15, -0.1) is 0 Å². The highest BCUT2D eigenvalue weighted by Gasteiger charge is 2.13. The maximum Gasteiger partial charge on any atom is 0.0480 e. The molecule has 1 aromatic heterocycles. The van der Waals surface area contributed by atoms with E-state index in [4.69, 9.17) is 0 Å². The van der Waals surface area contributed by atoms with Gasteiger partial charge < -0.3 is 4.57 Å². The lowest BCUT2D eigenvalue weighted by Crippen LogP contribution is -2.06. The van der Waals surface area contributed by atoms with Crippen molar-refractivity contribution in [2.45, 2.75) is 38.6 Å². The standard InChI is InChI=1S/C26H27N/c1-21-13-15-23(16-14-21)25(20-22-8-3-2-4-9-22)11-7-18-27-19-17-24-10-5-6-12-26(24)27/h2-6,8-10,12-17,19,25H,7,11,18,20H2,1H3. The molecule has 0 N–H and O–H groups in total. The number of hydrogen-bond acceptors (Lipinski definition) is 0. The van der Waals surface area contributed by atoms with Gasteiger partial charge >= 0.3 is 0 Å². The van der Waals surface area contributed by atoms with Crippen molar-refractivity contribution in [1.82, 2.24) is 4.57 Å². The third-order valence-corrected chi connectivity index (χ3v) is 5.51. The molecule has 0 saturated carbocycles. The molecule has 0 aliphatic carbocycles. The molecule has 1 heterocycles. The fourth-order valence-corrected chi connectivity index (χ4v) is 3.97. The predicted molar refractivity (Wildman–Crippen MR) is 115 cm³/mol. The van der Waals surface area contributed by atoms with Crippen LogP contribution in [0.15, 0.2) is 91.1 Å². The van der Waals surface area contributed by atoms with Gasteiger partial charge in [-0.2, -0.15) is 0 Å². The van der Waals surface area contributed by atoms with Gasteiger partial charge in [0.15, 0.2) is 0 Å². The van der Waals surface area contributed by atoms with Crippen LogP contribution in [-0.2, 0) is 13.0 Å². The smallest absolute Gasteiger partial charge is 0.0480 e. The van der Waals surface area contributed by atoms with Crippen LogP contribution >= 0.6 is 0 Å². The summed E-state index contributed by atoms with van der Waals surface area (Å²) in [5, 5.41) is 1.33. The van der Waals surface area contributed by atoms with Crippen molar-refractivity contribution >= 4 is 10.9 Å². The fourth-order valence-electron chi connectivity index (χ4n) is 3.97. The molecular weight excluding hydrogens is 326 g/mol. The average molecular weight is 354 g/mol. The molecular formula is C26H27N. The highest BCUT2D eigenvalue weighted by molar-refractivity contribution is 5.79. The summed E-state index contributed by atoms with van der Waals surface area (Å²) >= 11 is 0. The summed E-state index contributed by atoms with van der Waals surface area (Å²) < 4.78 is 2.39. The van der Waals surface area contributed by atoms with Crippen molar-refractivity contribution in [3.8, 4) is 0 Å². The van der Waals surface area contributed by atoms with Crippen LogP contribution in [0.4, 0.5) is 0 Å². The molecule has 0 radical (unpaired) electrons. The van der Waals surface area contributed by atoms with Gasteiger partial charge in [-0.1, -0.05) is 78.4 Å². The Labute approximate surface area is 162 Å². The Morgan fingerprint density at radius 2 is 1.52 bits per heavy atom. The van der Waals surface area contributed by atoms with E-state index in [1.54, 1.807) is 0 Å². The molecule has 4 aromatic rings. The van der Waals surface area contributed by atoms with Crippen molar-refractivity contribution < 1.29 is 0 Å². The second kappa shape index (κ2) is 8.26. The number of nitrogens with zero attached hydrogens (tertiary/aromatic N) is 1. The summed E-state index contributed by atoms with van der Waals surface area (Å²) in [5.74, 6) is 0.565. The molecule has 0 bridgehead atoms. The minimum absolute atomic E-state index is 0.565. The number of hydrogen-bond donors (Lipinski definition) is 0. The molecule has 1 unspecified atom stereocenters. The highest BCUT2D eigenvalue weighted by Crippen LogP contribution is 2.27. The zero-order valence-corrected chi connectivity index (χ0v) is 16.0. The van der Waals surface area contributed by atoms with Gasteiger partial charge in [0.25, 0.3) is 0 Å². The van der Waals surface area contributed by atoms with E-state index in [-0.39, 0.29) is 0 Å². The van der Waals surface area contributed by atoms with Gasteiger partial charge in [0.2, 0.25) is 0 Å². The Kier molecular flexibility index (Phi) is 5.39. The van der Waals surface area contributed by atoms with E-state index in [1.807, 2.05) is 0 Å². The van der Waals surface area contributed by atoms with Crippen molar-refractivity contribution in [1.29, 1.82) is 0 Å². The molecule has 1 atom stereocenters. The van der Waals surface area contributed by atoms with E-state index in [2.05, 4.69) is 103 Å². The Bertz CT molecular complexity index is 980. The lowest BCUT2D eigenvalue weighted by Gasteiger charge is -2.18. The SMILES string of the molecule is Cc1ccc(C(CCCn2ccc3ccccc32)Cc2ccccc2)cc1. The number of aryl methyl sites for hydroxylation is 2. The first-order valence-electron chi connectivity index (χ1n) is 9.94. The van der Waals surface area contributed by atoms with Crippen LogP contribution in [0.2, 0.25) is 0 Å². The first-order valence-corrected chi connectivity index (χ1v) is 9.94. The predicted octanol–water partition coefficient (Wildman–Crippen LogP) is 6.76. The Hall–Kier alpha value is -2.80. The third kappa shape index (κ3) is 4.31. The lowest BCUT2D eigenvalue weighted by molar-refractivity contribution is 0.543. The second-order valence-electron chi connectivity index (χ2n) is 7.51. The van der Waals surface area contributed by atoms with Gasteiger partial charge in [0.05, 0.1) is 0 Å². The maximum absolute atomic E-state index is 2.39. The summed E-state index contributed by atoms with van der Waals surface area (Å²) in [4.78, 5) is 0. The molecule has 0 aliphatic rings. The monoisotopic (exact) mass is 353 g/mol. The molecule has 1 heteroatoms. The number of aromatic nitrogens is 1. The summed E-state index contributed by atoms with van der Waals surface area (Å²) in [7, 11) is 0. The van der Waals surface area contributed by atoms with E-state index in [0.29, 0.717) is 5.92 Å². The van der Waals surface area contributed by atoms with Crippen LogP contribution in [0.25, 0.3) is 10.9 Å². The number of fused-ring (bicyclic) bond motifs is 1. The quantitative estimate of drug-likeness (QED) is 0.346. The number of benzene rings is 3. The minimum Gasteiger partial charge on any atom is -0.347 e. The Balaban J connectivity index is 1.47. The summed E-state index contributed by atoms with van der Waals surface area (Å²) in [6.45, 7) is 3.23. The number of para-hydroxylation sites is 1. The maximum atomic E-state index is 2.39. The molecule has 0 amide bonds.